The summed E-state index contributed by atoms with van der Waals surface area (Å²) in [6.45, 7) is 4.34. The Hall–Kier alpha value is -2.08. The van der Waals surface area contributed by atoms with Gasteiger partial charge in [0.1, 0.15) is 5.75 Å². The third-order valence-electron chi connectivity index (χ3n) is 7.20. The van der Waals surface area contributed by atoms with E-state index in [4.69, 9.17) is 4.74 Å². The van der Waals surface area contributed by atoms with Crippen LogP contribution in [0.15, 0.2) is 24.3 Å². The minimum atomic E-state index is -0.221. The molecular weight excluding hydrogens is 378 g/mol. The van der Waals surface area contributed by atoms with Crippen LogP contribution >= 0.6 is 0 Å². The van der Waals surface area contributed by atoms with Crippen molar-refractivity contribution in [1.29, 1.82) is 0 Å². The van der Waals surface area contributed by atoms with E-state index in [0.29, 0.717) is 31.5 Å². The third-order valence-corrected chi connectivity index (χ3v) is 7.20. The van der Waals surface area contributed by atoms with Gasteiger partial charge in [0, 0.05) is 32.1 Å². The van der Waals surface area contributed by atoms with Crippen LogP contribution in [0.3, 0.4) is 0 Å². The van der Waals surface area contributed by atoms with Crippen molar-refractivity contribution in [2.75, 3.05) is 39.8 Å². The molecule has 3 aliphatic rings. The number of nitrogens with zero attached hydrogens (tertiary/aromatic N) is 2. The Kier molecular flexibility index (Phi) is 6.93. The van der Waals surface area contributed by atoms with Gasteiger partial charge in [-0.3, -0.25) is 9.59 Å². The van der Waals surface area contributed by atoms with Gasteiger partial charge in [-0.1, -0.05) is 24.6 Å². The van der Waals surface area contributed by atoms with Crippen molar-refractivity contribution in [3.63, 3.8) is 0 Å². The van der Waals surface area contributed by atoms with E-state index in [1.54, 1.807) is 7.11 Å². The number of rotatable bonds is 7. The lowest BCUT2D eigenvalue weighted by atomic mass is 9.83. The second-order valence-corrected chi connectivity index (χ2v) is 9.05. The molecule has 3 fully saturated rings. The first-order valence-electron chi connectivity index (χ1n) is 11.6. The van der Waals surface area contributed by atoms with Crippen LogP contribution in [0.5, 0.6) is 5.75 Å². The molecule has 0 aliphatic carbocycles. The summed E-state index contributed by atoms with van der Waals surface area (Å²) in [7, 11) is 1.67. The standard InChI is InChI=1S/C24H35N3O3/c1-30-22-10-3-2-7-18(22)11-14-27-17-20(15-23(27)28)24(29)25-16-19-8-6-13-26-12-5-4-9-21(19)26/h2-3,7,10,19-21H,4-6,8-9,11-17H2,1H3,(H,25,29)/t19-,20?,21+/m0/s1. The summed E-state index contributed by atoms with van der Waals surface area (Å²) in [6.07, 6.45) is 7.39. The molecule has 30 heavy (non-hydrogen) atoms. The average Bonchev–Trinajstić information content (AvgIpc) is 3.16. The van der Waals surface area contributed by atoms with Gasteiger partial charge in [0.05, 0.1) is 13.0 Å². The Morgan fingerprint density at radius 2 is 2.00 bits per heavy atom. The molecule has 1 aromatic carbocycles. The molecule has 3 saturated heterocycles. The lowest BCUT2D eigenvalue weighted by Crippen LogP contribution is -2.51. The third kappa shape index (κ3) is 4.80. The Labute approximate surface area is 179 Å². The van der Waals surface area contributed by atoms with Crippen LogP contribution in [0, 0.1) is 11.8 Å². The molecule has 3 aliphatic heterocycles. The normalized spacial score (nSPS) is 27.0. The van der Waals surface area contributed by atoms with Crippen LogP contribution < -0.4 is 10.1 Å². The number of carbonyl (C=O) groups is 2. The van der Waals surface area contributed by atoms with E-state index in [0.717, 1.165) is 24.3 Å². The maximum absolute atomic E-state index is 12.8. The summed E-state index contributed by atoms with van der Waals surface area (Å²) in [6, 6.07) is 8.54. The summed E-state index contributed by atoms with van der Waals surface area (Å²) in [5.41, 5.74) is 1.09. The molecule has 6 nitrogen and oxygen atoms in total. The molecule has 0 aromatic heterocycles. The first kappa shape index (κ1) is 21.2. The molecule has 3 atom stereocenters. The topological polar surface area (TPSA) is 61.9 Å². The Morgan fingerprint density at radius 3 is 2.87 bits per heavy atom. The van der Waals surface area contributed by atoms with Crippen molar-refractivity contribution in [2.24, 2.45) is 11.8 Å². The van der Waals surface area contributed by atoms with Crippen molar-refractivity contribution >= 4 is 11.8 Å². The summed E-state index contributed by atoms with van der Waals surface area (Å²) in [4.78, 5) is 29.7. The minimum Gasteiger partial charge on any atom is -0.496 e. The van der Waals surface area contributed by atoms with Crippen LogP contribution in [0.4, 0.5) is 0 Å². The van der Waals surface area contributed by atoms with Gasteiger partial charge in [0.15, 0.2) is 0 Å². The van der Waals surface area contributed by atoms with Crippen LogP contribution in [-0.2, 0) is 16.0 Å². The molecule has 2 amide bonds. The zero-order valence-electron chi connectivity index (χ0n) is 18.1. The first-order chi connectivity index (χ1) is 14.7. The van der Waals surface area contributed by atoms with E-state index in [1.807, 2.05) is 29.2 Å². The van der Waals surface area contributed by atoms with Crippen LogP contribution in [-0.4, -0.2) is 67.5 Å². The number of ether oxygens (including phenoxy) is 1. The molecule has 3 heterocycles. The van der Waals surface area contributed by atoms with Crippen molar-refractivity contribution in [3.8, 4) is 5.75 Å². The molecule has 1 aromatic rings. The lowest BCUT2D eigenvalue weighted by Gasteiger charge is -2.44. The molecule has 6 heteroatoms. The zero-order valence-corrected chi connectivity index (χ0v) is 18.1. The fourth-order valence-electron chi connectivity index (χ4n) is 5.52. The Bertz CT molecular complexity index is 751. The lowest BCUT2D eigenvalue weighted by molar-refractivity contribution is -0.129. The van der Waals surface area contributed by atoms with E-state index < -0.39 is 0 Å². The molecule has 0 spiro atoms. The predicted octanol–water partition coefficient (Wildman–Crippen LogP) is 2.47. The summed E-state index contributed by atoms with van der Waals surface area (Å²) < 4.78 is 5.40. The molecular formula is C24H35N3O3. The highest BCUT2D eigenvalue weighted by molar-refractivity contribution is 5.89. The van der Waals surface area contributed by atoms with E-state index in [-0.39, 0.29) is 17.7 Å². The van der Waals surface area contributed by atoms with Crippen molar-refractivity contribution in [1.82, 2.24) is 15.1 Å². The van der Waals surface area contributed by atoms with Gasteiger partial charge >= 0.3 is 0 Å². The van der Waals surface area contributed by atoms with Crippen molar-refractivity contribution in [3.05, 3.63) is 29.8 Å². The SMILES string of the molecule is COc1ccccc1CCN1CC(C(=O)NC[C@@H]2CCCN3CCCC[C@H]23)CC1=O. The molecule has 4 rings (SSSR count). The molecule has 0 saturated carbocycles. The van der Waals surface area contributed by atoms with E-state index in [1.165, 1.54) is 45.2 Å². The number of benzene rings is 1. The molecule has 1 unspecified atom stereocenters. The van der Waals surface area contributed by atoms with Gasteiger partial charge in [-0.25, -0.2) is 0 Å². The van der Waals surface area contributed by atoms with Gasteiger partial charge in [-0.05, 0) is 62.7 Å². The maximum Gasteiger partial charge on any atom is 0.225 e. The van der Waals surface area contributed by atoms with Crippen LogP contribution in [0.2, 0.25) is 0 Å². The Morgan fingerprint density at radius 1 is 1.17 bits per heavy atom. The quantitative estimate of drug-likeness (QED) is 0.746. The number of hydrogen-bond acceptors (Lipinski definition) is 4. The smallest absolute Gasteiger partial charge is 0.225 e. The number of carbonyl (C=O) groups excluding carboxylic acids is 2. The number of fused-ring (bicyclic) bond motifs is 1. The summed E-state index contributed by atoms with van der Waals surface area (Å²) in [5.74, 6) is 1.32. The molecule has 164 valence electrons. The summed E-state index contributed by atoms with van der Waals surface area (Å²) >= 11 is 0. The number of para-hydroxylation sites is 1. The fraction of sp³-hybridized carbons (Fsp3) is 0.667. The Balaban J connectivity index is 1.25. The van der Waals surface area contributed by atoms with Crippen LogP contribution in [0.25, 0.3) is 0 Å². The second kappa shape index (κ2) is 9.82. The maximum atomic E-state index is 12.8. The zero-order chi connectivity index (χ0) is 20.9. The highest BCUT2D eigenvalue weighted by atomic mass is 16.5. The number of nitrogens with one attached hydrogen (secondary N) is 1. The number of methoxy groups -OCH3 is 1. The van der Waals surface area contributed by atoms with Crippen LogP contribution in [0.1, 0.15) is 44.1 Å². The van der Waals surface area contributed by atoms with Crippen molar-refractivity contribution < 1.29 is 14.3 Å². The fourth-order valence-corrected chi connectivity index (χ4v) is 5.52. The van der Waals surface area contributed by atoms with Crippen molar-refractivity contribution in [2.45, 2.75) is 51.0 Å². The highest BCUT2D eigenvalue weighted by Gasteiger charge is 2.36. The van der Waals surface area contributed by atoms with Gasteiger partial charge in [0.2, 0.25) is 11.8 Å². The molecule has 1 N–H and O–H groups in total. The second-order valence-electron chi connectivity index (χ2n) is 9.05. The number of piperidine rings is 2. The first-order valence-corrected chi connectivity index (χ1v) is 11.6. The largest absolute Gasteiger partial charge is 0.496 e. The van der Waals surface area contributed by atoms with E-state index >= 15 is 0 Å². The molecule has 0 radical (unpaired) electrons. The van der Waals surface area contributed by atoms with Gasteiger partial charge < -0.3 is 19.9 Å². The highest BCUT2D eigenvalue weighted by Crippen LogP contribution is 2.30. The monoisotopic (exact) mass is 413 g/mol. The van der Waals surface area contributed by atoms with E-state index in [9.17, 15) is 9.59 Å². The number of amides is 2. The van der Waals surface area contributed by atoms with Gasteiger partial charge in [-0.15, -0.1) is 0 Å². The van der Waals surface area contributed by atoms with E-state index in [2.05, 4.69) is 10.2 Å². The predicted molar refractivity (Wildman–Crippen MR) is 116 cm³/mol. The van der Waals surface area contributed by atoms with Gasteiger partial charge in [0.25, 0.3) is 0 Å². The van der Waals surface area contributed by atoms with Gasteiger partial charge in [-0.2, -0.15) is 0 Å². The number of hydrogen-bond donors (Lipinski definition) is 1. The molecule has 0 bridgehead atoms. The minimum absolute atomic E-state index is 0.0519. The number of likely N-dealkylation sites (tertiary alicyclic amines) is 1. The average molecular weight is 414 g/mol. The summed E-state index contributed by atoms with van der Waals surface area (Å²) in [5, 5.41) is 3.20.